The highest BCUT2D eigenvalue weighted by atomic mass is 35.5. The molecular formula is C17H19ClO. The summed E-state index contributed by atoms with van der Waals surface area (Å²) in [6.45, 7) is 4.22. The standard InChI is InChI=1S/C17H19ClO/c1-4-13-5-7-14(8-6-13)17(18)16-10-9-15(19-3)11-12(16)2/h5-11,17H,4H2,1-3H3. The number of benzene rings is 2. The Kier molecular flexibility index (Phi) is 4.49. The smallest absolute Gasteiger partial charge is 0.119 e. The van der Waals surface area contributed by atoms with E-state index in [1.165, 1.54) is 5.56 Å². The third-order valence-corrected chi connectivity index (χ3v) is 3.92. The predicted octanol–water partition coefficient (Wildman–Crippen LogP) is 4.89. The van der Waals surface area contributed by atoms with E-state index in [4.69, 9.17) is 16.3 Å². The zero-order chi connectivity index (χ0) is 13.8. The van der Waals surface area contributed by atoms with E-state index in [0.29, 0.717) is 0 Å². The van der Waals surface area contributed by atoms with Gasteiger partial charge in [-0.1, -0.05) is 37.3 Å². The molecule has 2 rings (SSSR count). The molecule has 0 bridgehead atoms. The van der Waals surface area contributed by atoms with Gasteiger partial charge in [-0.05, 0) is 47.7 Å². The van der Waals surface area contributed by atoms with Crippen molar-refractivity contribution in [2.75, 3.05) is 7.11 Å². The van der Waals surface area contributed by atoms with E-state index in [9.17, 15) is 0 Å². The van der Waals surface area contributed by atoms with Gasteiger partial charge in [0.2, 0.25) is 0 Å². The molecule has 0 N–H and O–H groups in total. The number of halogens is 1. The molecule has 2 aromatic carbocycles. The van der Waals surface area contributed by atoms with Gasteiger partial charge in [0, 0.05) is 0 Å². The van der Waals surface area contributed by atoms with Crippen molar-refractivity contribution in [3.63, 3.8) is 0 Å². The summed E-state index contributed by atoms with van der Waals surface area (Å²) >= 11 is 6.59. The van der Waals surface area contributed by atoms with Gasteiger partial charge in [0.25, 0.3) is 0 Å². The highest BCUT2D eigenvalue weighted by Gasteiger charge is 2.13. The number of hydrogen-bond donors (Lipinski definition) is 0. The van der Waals surface area contributed by atoms with Crippen LogP contribution in [0.15, 0.2) is 42.5 Å². The van der Waals surface area contributed by atoms with Gasteiger partial charge in [-0.3, -0.25) is 0 Å². The molecule has 0 saturated carbocycles. The molecule has 0 saturated heterocycles. The van der Waals surface area contributed by atoms with Gasteiger partial charge in [0.15, 0.2) is 0 Å². The van der Waals surface area contributed by atoms with Crippen molar-refractivity contribution < 1.29 is 4.74 Å². The van der Waals surface area contributed by atoms with Crippen molar-refractivity contribution in [2.45, 2.75) is 25.6 Å². The Balaban J connectivity index is 2.29. The molecule has 0 aliphatic carbocycles. The van der Waals surface area contributed by atoms with Crippen LogP contribution in [0.25, 0.3) is 0 Å². The zero-order valence-electron chi connectivity index (χ0n) is 11.6. The molecule has 1 nitrogen and oxygen atoms in total. The van der Waals surface area contributed by atoms with E-state index < -0.39 is 0 Å². The van der Waals surface area contributed by atoms with E-state index in [-0.39, 0.29) is 5.38 Å². The summed E-state index contributed by atoms with van der Waals surface area (Å²) in [4.78, 5) is 0. The summed E-state index contributed by atoms with van der Waals surface area (Å²) in [6, 6.07) is 14.5. The Hall–Kier alpha value is -1.47. The Labute approximate surface area is 120 Å². The summed E-state index contributed by atoms with van der Waals surface area (Å²) in [5, 5.41) is -0.114. The molecule has 2 heteroatoms. The second-order valence-electron chi connectivity index (χ2n) is 4.68. The lowest BCUT2D eigenvalue weighted by atomic mass is 9.98. The quantitative estimate of drug-likeness (QED) is 0.721. The summed E-state index contributed by atoms with van der Waals surface area (Å²) < 4.78 is 5.22. The largest absolute Gasteiger partial charge is 0.497 e. The van der Waals surface area contributed by atoms with Crippen LogP contribution >= 0.6 is 11.6 Å². The Morgan fingerprint density at radius 1 is 1.11 bits per heavy atom. The molecule has 0 radical (unpaired) electrons. The van der Waals surface area contributed by atoms with E-state index in [1.807, 2.05) is 18.2 Å². The molecule has 0 spiro atoms. The number of ether oxygens (including phenoxy) is 1. The van der Waals surface area contributed by atoms with Gasteiger partial charge in [-0.15, -0.1) is 11.6 Å². The number of alkyl halides is 1. The van der Waals surface area contributed by atoms with Crippen LogP contribution in [0.4, 0.5) is 0 Å². The number of hydrogen-bond acceptors (Lipinski definition) is 1. The van der Waals surface area contributed by atoms with Crippen LogP contribution in [0.5, 0.6) is 5.75 Å². The van der Waals surface area contributed by atoms with E-state index in [1.54, 1.807) is 7.11 Å². The molecule has 1 unspecified atom stereocenters. The predicted molar refractivity (Wildman–Crippen MR) is 81.2 cm³/mol. The van der Waals surface area contributed by atoms with Crippen LogP contribution < -0.4 is 4.74 Å². The van der Waals surface area contributed by atoms with Crippen molar-refractivity contribution in [3.05, 3.63) is 64.7 Å². The molecule has 0 aliphatic heterocycles. The maximum absolute atomic E-state index is 6.59. The van der Waals surface area contributed by atoms with Crippen LogP contribution in [0, 0.1) is 6.92 Å². The van der Waals surface area contributed by atoms with Crippen LogP contribution in [0.3, 0.4) is 0 Å². The summed E-state index contributed by atoms with van der Waals surface area (Å²) in [5.74, 6) is 0.867. The number of aryl methyl sites for hydroxylation is 2. The number of methoxy groups -OCH3 is 1. The maximum Gasteiger partial charge on any atom is 0.119 e. The molecule has 2 aromatic rings. The van der Waals surface area contributed by atoms with Crippen molar-refractivity contribution >= 4 is 11.6 Å². The van der Waals surface area contributed by atoms with Crippen molar-refractivity contribution in [1.82, 2.24) is 0 Å². The second kappa shape index (κ2) is 6.12. The van der Waals surface area contributed by atoms with E-state index in [2.05, 4.69) is 38.1 Å². The van der Waals surface area contributed by atoms with Crippen LogP contribution in [0.1, 0.15) is 34.6 Å². The third-order valence-electron chi connectivity index (χ3n) is 3.43. The average molecular weight is 275 g/mol. The van der Waals surface area contributed by atoms with Gasteiger partial charge >= 0.3 is 0 Å². The molecular weight excluding hydrogens is 256 g/mol. The van der Waals surface area contributed by atoms with Crippen LogP contribution in [-0.4, -0.2) is 7.11 Å². The maximum atomic E-state index is 6.59. The van der Waals surface area contributed by atoms with Crippen LogP contribution in [-0.2, 0) is 6.42 Å². The molecule has 0 heterocycles. The van der Waals surface area contributed by atoms with Crippen molar-refractivity contribution in [2.24, 2.45) is 0 Å². The highest BCUT2D eigenvalue weighted by molar-refractivity contribution is 6.22. The monoisotopic (exact) mass is 274 g/mol. The van der Waals surface area contributed by atoms with Gasteiger partial charge in [0.05, 0.1) is 12.5 Å². The molecule has 1 atom stereocenters. The third kappa shape index (κ3) is 3.10. The van der Waals surface area contributed by atoms with Gasteiger partial charge in [-0.2, -0.15) is 0 Å². The molecule has 100 valence electrons. The second-order valence-corrected chi connectivity index (χ2v) is 5.12. The molecule has 0 aliphatic rings. The van der Waals surface area contributed by atoms with Gasteiger partial charge in [-0.25, -0.2) is 0 Å². The first-order valence-corrected chi connectivity index (χ1v) is 6.96. The first kappa shape index (κ1) is 14.0. The SMILES string of the molecule is CCc1ccc(C(Cl)c2ccc(OC)cc2C)cc1. The Morgan fingerprint density at radius 2 is 1.79 bits per heavy atom. The highest BCUT2D eigenvalue weighted by Crippen LogP contribution is 2.32. The topological polar surface area (TPSA) is 9.23 Å². The van der Waals surface area contributed by atoms with E-state index >= 15 is 0 Å². The van der Waals surface area contributed by atoms with Crippen molar-refractivity contribution in [3.8, 4) is 5.75 Å². The molecule has 0 fully saturated rings. The van der Waals surface area contributed by atoms with Gasteiger partial charge < -0.3 is 4.74 Å². The molecule has 0 aromatic heterocycles. The minimum absolute atomic E-state index is 0.114. The lowest BCUT2D eigenvalue weighted by Gasteiger charge is -2.14. The summed E-state index contributed by atoms with van der Waals surface area (Å²) in [5.41, 5.74) is 4.75. The lowest BCUT2D eigenvalue weighted by molar-refractivity contribution is 0.414. The van der Waals surface area contributed by atoms with E-state index in [0.717, 1.165) is 28.9 Å². The fraction of sp³-hybridized carbons (Fsp3) is 0.294. The fourth-order valence-corrected chi connectivity index (χ4v) is 2.55. The fourth-order valence-electron chi connectivity index (χ4n) is 2.16. The number of rotatable bonds is 4. The molecule has 0 amide bonds. The normalized spacial score (nSPS) is 12.2. The lowest BCUT2D eigenvalue weighted by Crippen LogP contribution is -1.97. The average Bonchev–Trinajstić information content (AvgIpc) is 2.46. The minimum atomic E-state index is -0.114. The summed E-state index contributed by atoms with van der Waals surface area (Å²) in [7, 11) is 1.68. The zero-order valence-corrected chi connectivity index (χ0v) is 12.4. The Morgan fingerprint density at radius 3 is 2.32 bits per heavy atom. The summed E-state index contributed by atoms with van der Waals surface area (Å²) in [6.07, 6.45) is 1.05. The van der Waals surface area contributed by atoms with Crippen molar-refractivity contribution in [1.29, 1.82) is 0 Å². The Bertz CT molecular complexity index is 546. The molecule has 19 heavy (non-hydrogen) atoms. The minimum Gasteiger partial charge on any atom is -0.497 e. The first-order chi connectivity index (χ1) is 9.15. The first-order valence-electron chi connectivity index (χ1n) is 6.53. The van der Waals surface area contributed by atoms with Crippen LogP contribution in [0.2, 0.25) is 0 Å². The van der Waals surface area contributed by atoms with Gasteiger partial charge in [0.1, 0.15) is 5.75 Å².